The van der Waals surface area contributed by atoms with Crippen LogP contribution >= 0.6 is 11.6 Å². The van der Waals surface area contributed by atoms with E-state index in [4.69, 9.17) is 11.6 Å². The number of halogens is 1. The van der Waals surface area contributed by atoms with Crippen LogP contribution < -0.4 is 0 Å². The topological polar surface area (TPSA) is 38.1 Å². The van der Waals surface area contributed by atoms with Crippen LogP contribution in [0.2, 0.25) is 5.02 Å². The second-order valence-corrected chi connectivity index (χ2v) is 4.36. The number of hydrogen-bond acceptors (Lipinski definition) is 2. The maximum Gasteiger partial charge on any atom is 0.135 e. The number of aliphatic hydroxyl groups excluding tert-OH is 1. The number of benzene rings is 1. The third-order valence-electron chi connectivity index (χ3n) is 2.78. The molecule has 1 saturated carbocycles. The van der Waals surface area contributed by atoms with E-state index in [-0.39, 0.29) is 6.61 Å². The van der Waals surface area contributed by atoms with Gasteiger partial charge in [-0.05, 0) is 31.0 Å². The molecule has 3 rings (SSSR count). The standard InChI is InChI=1S/C11H11ClN2O/c12-7-1-4-9-10(5-7)14(8-2-3-8)11(6-15)13-9/h1,4-5,8,15H,2-3,6H2. The van der Waals surface area contributed by atoms with Crippen LogP contribution in [0.25, 0.3) is 11.0 Å². The Hall–Kier alpha value is -1.06. The molecule has 0 atom stereocenters. The average Bonchev–Trinajstić information content (AvgIpc) is 2.99. The van der Waals surface area contributed by atoms with Crippen LogP contribution in [0.3, 0.4) is 0 Å². The highest BCUT2D eigenvalue weighted by atomic mass is 35.5. The van der Waals surface area contributed by atoms with Gasteiger partial charge in [0.1, 0.15) is 12.4 Å². The van der Waals surface area contributed by atoms with E-state index in [2.05, 4.69) is 9.55 Å². The number of fused-ring (bicyclic) bond motifs is 1. The van der Waals surface area contributed by atoms with E-state index in [1.807, 2.05) is 18.2 Å². The maximum absolute atomic E-state index is 9.25. The zero-order valence-corrected chi connectivity index (χ0v) is 8.91. The first-order valence-corrected chi connectivity index (χ1v) is 5.44. The van der Waals surface area contributed by atoms with Crippen molar-refractivity contribution in [1.82, 2.24) is 9.55 Å². The number of nitrogens with zero attached hydrogens (tertiary/aromatic N) is 2. The molecule has 0 amide bonds. The zero-order chi connectivity index (χ0) is 10.4. The highest BCUT2D eigenvalue weighted by molar-refractivity contribution is 6.31. The molecular weight excluding hydrogens is 212 g/mol. The van der Waals surface area contributed by atoms with Gasteiger partial charge in [0.2, 0.25) is 0 Å². The third kappa shape index (κ3) is 1.43. The number of hydrogen-bond donors (Lipinski definition) is 1. The molecule has 0 saturated heterocycles. The van der Waals surface area contributed by atoms with E-state index in [1.165, 1.54) is 12.8 Å². The largest absolute Gasteiger partial charge is 0.388 e. The summed E-state index contributed by atoms with van der Waals surface area (Å²) >= 11 is 5.96. The fourth-order valence-corrected chi connectivity index (χ4v) is 2.13. The van der Waals surface area contributed by atoms with Gasteiger partial charge in [0.15, 0.2) is 0 Å². The van der Waals surface area contributed by atoms with Gasteiger partial charge in [0, 0.05) is 11.1 Å². The molecule has 78 valence electrons. The fourth-order valence-electron chi connectivity index (χ4n) is 1.97. The number of aromatic nitrogens is 2. The lowest BCUT2D eigenvalue weighted by Crippen LogP contribution is -2.00. The Morgan fingerprint density at radius 2 is 2.27 bits per heavy atom. The van der Waals surface area contributed by atoms with Crippen molar-refractivity contribution in [3.05, 3.63) is 29.0 Å². The van der Waals surface area contributed by atoms with Crippen molar-refractivity contribution in [2.24, 2.45) is 0 Å². The van der Waals surface area contributed by atoms with Crippen molar-refractivity contribution in [3.8, 4) is 0 Å². The predicted octanol–water partition coefficient (Wildman–Crippen LogP) is 2.52. The van der Waals surface area contributed by atoms with Crippen LogP contribution in [0.5, 0.6) is 0 Å². The molecule has 15 heavy (non-hydrogen) atoms. The summed E-state index contributed by atoms with van der Waals surface area (Å²) in [5.41, 5.74) is 1.95. The minimum Gasteiger partial charge on any atom is -0.388 e. The lowest BCUT2D eigenvalue weighted by atomic mass is 10.3. The van der Waals surface area contributed by atoms with Gasteiger partial charge in [-0.3, -0.25) is 0 Å². The average molecular weight is 223 g/mol. The summed E-state index contributed by atoms with van der Waals surface area (Å²) in [6, 6.07) is 6.16. The minimum atomic E-state index is -0.0111. The van der Waals surface area contributed by atoms with E-state index >= 15 is 0 Å². The van der Waals surface area contributed by atoms with Crippen LogP contribution in [-0.2, 0) is 6.61 Å². The minimum absolute atomic E-state index is 0.0111. The maximum atomic E-state index is 9.25. The van der Waals surface area contributed by atoms with Gasteiger partial charge in [-0.2, -0.15) is 0 Å². The molecule has 1 aliphatic rings. The molecule has 1 N–H and O–H groups in total. The first-order valence-electron chi connectivity index (χ1n) is 5.07. The van der Waals surface area contributed by atoms with Crippen LogP contribution in [0, 0.1) is 0 Å². The van der Waals surface area contributed by atoms with E-state index in [0.29, 0.717) is 11.1 Å². The Balaban J connectivity index is 2.30. The summed E-state index contributed by atoms with van der Waals surface area (Å²) in [7, 11) is 0. The molecule has 1 heterocycles. The summed E-state index contributed by atoms with van der Waals surface area (Å²) < 4.78 is 2.11. The van der Waals surface area contributed by atoms with E-state index < -0.39 is 0 Å². The van der Waals surface area contributed by atoms with Gasteiger partial charge in [0.25, 0.3) is 0 Å². The Bertz CT molecular complexity index is 517. The van der Waals surface area contributed by atoms with Crippen LogP contribution in [0.15, 0.2) is 18.2 Å². The first kappa shape index (κ1) is 9.19. The van der Waals surface area contributed by atoms with Crippen LogP contribution in [0.4, 0.5) is 0 Å². The second kappa shape index (κ2) is 3.22. The van der Waals surface area contributed by atoms with Crippen molar-refractivity contribution >= 4 is 22.6 Å². The van der Waals surface area contributed by atoms with Crippen molar-refractivity contribution in [2.45, 2.75) is 25.5 Å². The molecule has 3 nitrogen and oxygen atoms in total. The first-order chi connectivity index (χ1) is 7.29. The highest BCUT2D eigenvalue weighted by Gasteiger charge is 2.27. The Morgan fingerprint density at radius 1 is 1.47 bits per heavy atom. The monoisotopic (exact) mass is 222 g/mol. The number of rotatable bonds is 2. The van der Waals surface area contributed by atoms with E-state index in [9.17, 15) is 5.11 Å². The molecule has 0 radical (unpaired) electrons. The summed E-state index contributed by atoms with van der Waals surface area (Å²) in [5, 5.41) is 9.97. The molecule has 2 aromatic rings. The van der Waals surface area contributed by atoms with Crippen molar-refractivity contribution in [2.75, 3.05) is 0 Å². The lowest BCUT2D eigenvalue weighted by molar-refractivity contribution is 0.266. The normalized spacial score (nSPS) is 16.1. The predicted molar refractivity (Wildman–Crippen MR) is 58.9 cm³/mol. The molecule has 0 aliphatic heterocycles. The quantitative estimate of drug-likeness (QED) is 0.848. The SMILES string of the molecule is OCc1nc2ccc(Cl)cc2n1C1CC1. The molecule has 0 bridgehead atoms. The van der Waals surface area contributed by atoms with Crippen LogP contribution in [0.1, 0.15) is 24.7 Å². The van der Waals surface area contributed by atoms with Gasteiger partial charge in [-0.15, -0.1) is 0 Å². The number of aliphatic hydroxyl groups is 1. The van der Waals surface area contributed by atoms with Crippen molar-refractivity contribution in [1.29, 1.82) is 0 Å². The second-order valence-electron chi connectivity index (χ2n) is 3.92. The highest BCUT2D eigenvalue weighted by Crippen LogP contribution is 2.39. The zero-order valence-electron chi connectivity index (χ0n) is 8.15. The van der Waals surface area contributed by atoms with Gasteiger partial charge in [-0.1, -0.05) is 11.6 Å². The molecule has 0 unspecified atom stereocenters. The summed E-state index contributed by atoms with van der Waals surface area (Å²) in [6.07, 6.45) is 2.34. The van der Waals surface area contributed by atoms with Gasteiger partial charge in [0.05, 0.1) is 11.0 Å². The van der Waals surface area contributed by atoms with Gasteiger partial charge < -0.3 is 9.67 Å². The van der Waals surface area contributed by atoms with E-state index in [1.54, 1.807) is 0 Å². The van der Waals surface area contributed by atoms with Gasteiger partial charge in [-0.25, -0.2) is 4.98 Å². The molecular formula is C11H11ClN2O. The third-order valence-corrected chi connectivity index (χ3v) is 3.01. The lowest BCUT2D eigenvalue weighted by Gasteiger charge is -2.04. The molecule has 1 aromatic carbocycles. The Morgan fingerprint density at radius 3 is 2.93 bits per heavy atom. The summed E-state index contributed by atoms with van der Waals surface area (Å²) in [5.74, 6) is 0.745. The molecule has 0 spiro atoms. The molecule has 1 aliphatic carbocycles. The summed E-state index contributed by atoms with van der Waals surface area (Å²) in [6.45, 7) is -0.0111. The molecule has 4 heteroatoms. The smallest absolute Gasteiger partial charge is 0.135 e. The number of imidazole rings is 1. The molecule has 1 fully saturated rings. The van der Waals surface area contributed by atoms with Crippen molar-refractivity contribution < 1.29 is 5.11 Å². The molecule has 1 aromatic heterocycles. The van der Waals surface area contributed by atoms with Gasteiger partial charge >= 0.3 is 0 Å². The van der Waals surface area contributed by atoms with Crippen molar-refractivity contribution in [3.63, 3.8) is 0 Å². The summed E-state index contributed by atoms with van der Waals surface area (Å²) in [4.78, 5) is 4.39. The Labute approximate surface area is 92.3 Å². The fraction of sp³-hybridized carbons (Fsp3) is 0.364. The Kier molecular flexibility index (Phi) is 1.97. The van der Waals surface area contributed by atoms with E-state index in [0.717, 1.165) is 16.9 Å². The van der Waals surface area contributed by atoms with Crippen LogP contribution in [-0.4, -0.2) is 14.7 Å².